The van der Waals surface area contributed by atoms with E-state index >= 15 is 0 Å². The number of methoxy groups -OCH3 is 1. The van der Waals surface area contributed by atoms with Gasteiger partial charge >= 0.3 is 5.97 Å². The lowest BCUT2D eigenvalue weighted by atomic mass is 9.84. The van der Waals surface area contributed by atoms with Crippen LogP contribution in [-0.2, 0) is 14.3 Å². The number of fused-ring (bicyclic) bond motifs is 1. The first-order valence-corrected chi connectivity index (χ1v) is 7.29. The van der Waals surface area contributed by atoms with Gasteiger partial charge in [0.1, 0.15) is 6.61 Å². The summed E-state index contributed by atoms with van der Waals surface area (Å²) >= 11 is 0. The van der Waals surface area contributed by atoms with Gasteiger partial charge in [-0.3, -0.25) is 4.79 Å². The van der Waals surface area contributed by atoms with Gasteiger partial charge in [0.15, 0.2) is 11.6 Å². The Kier molecular flexibility index (Phi) is 3.86. The van der Waals surface area contributed by atoms with Gasteiger partial charge in [-0.05, 0) is 30.5 Å². The maximum Gasteiger partial charge on any atom is 0.309 e. The molecule has 3 nitrogen and oxygen atoms in total. The lowest BCUT2D eigenvalue weighted by Gasteiger charge is -2.24. The van der Waals surface area contributed by atoms with Crippen molar-refractivity contribution in [3.8, 4) is 0 Å². The lowest BCUT2D eigenvalue weighted by Crippen LogP contribution is -2.27. The Morgan fingerprint density at radius 3 is 2.70 bits per heavy atom. The third-order valence-corrected chi connectivity index (χ3v) is 4.95. The third kappa shape index (κ3) is 2.41. The highest BCUT2D eigenvalue weighted by atomic mass is 19.3. The average molecular weight is 332 g/mol. The number of carbonyl (C=O) groups is 1. The van der Waals surface area contributed by atoms with E-state index in [1.54, 1.807) is 0 Å². The molecule has 1 saturated heterocycles. The Morgan fingerprint density at radius 2 is 2.04 bits per heavy atom. The second-order valence-corrected chi connectivity index (χ2v) is 6.11. The molecule has 4 unspecified atom stereocenters. The predicted molar refractivity (Wildman–Crippen MR) is 72.1 cm³/mol. The Hall–Kier alpha value is -1.63. The molecule has 3 rings (SSSR count). The normalized spacial score (nSPS) is 31.9. The SMILES string of the molecule is COC(=O)C1CC2C(OCC2(F)F)C1c1ccc(F)c(F)c1C. The van der Waals surface area contributed by atoms with Crippen LogP contribution >= 0.6 is 0 Å². The van der Waals surface area contributed by atoms with Crippen LogP contribution in [0.5, 0.6) is 0 Å². The van der Waals surface area contributed by atoms with E-state index in [-0.39, 0.29) is 12.0 Å². The molecule has 0 amide bonds. The summed E-state index contributed by atoms with van der Waals surface area (Å²) in [5.74, 6) is -8.54. The van der Waals surface area contributed by atoms with Crippen molar-refractivity contribution < 1.29 is 31.8 Å². The summed E-state index contributed by atoms with van der Waals surface area (Å²) in [6.07, 6.45) is -1.02. The average Bonchev–Trinajstić information content (AvgIpc) is 3.03. The molecule has 0 N–H and O–H groups in total. The van der Waals surface area contributed by atoms with E-state index in [0.29, 0.717) is 5.56 Å². The number of alkyl halides is 2. The molecule has 0 aromatic heterocycles. The Morgan fingerprint density at radius 1 is 1.35 bits per heavy atom. The van der Waals surface area contributed by atoms with Gasteiger partial charge in [0, 0.05) is 5.92 Å². The second-order valence-electron chi connectivity index (χ2n) is 6.11. The van der Waals surface area contributed by atoms with Gasteiger partial charge in [0.05, 0.1) is 25.0 Å². The number of carbonyl (C=O) groups excluding carboxylic acids is 1. The summed E-state index contributed by atoms with van der Waals surface area (Å²) < 4.78 is 65.1. The topological polar surface area (TPSA) is 35.5 Å². The van der Waals surface area contributed by atoms with E-state index in [1.807, 2.05) is 0 Å². The number of hydrogen-bond acceptors (Lipinski definition) is 3. The molecular formula is C16H16F4O3. The van der Waals surface area contributed by atoms with Crippen molar-refractivity contribution in [3.05, 3.63) is 34.9 Å². The summed E-state index contributed by atoms with van der Waals surface area (Å²) in [5.41, 5.74) is 0.313. The highest BCUT2D eigenvalue weighted by Crippen LogP contribution is 2.55. The van der Waals surface area contributed by atoms with Gasteiger partial charge in [0.2, 0.25) is 0 Å². The molecule has 1 aliphatic heterocycles. The maximum atomic E-state index is 14.0. The molecule has 2 aliphatic rings. The highest BCUT2D eigenvalue weighted by molar-refractivity contribution is 5.74. The van der Waals surface area contributed by atoms with E-state index in [2.05, 4.69) is 0 Å². The molecular weight excluding hydrogens is 316 g/mol. The minimum absolute atomic E-state index is 0.00312. The largest absolute Gasteiger partial charge is 0.469 e. The number of ether oxygens (including phenoxy) is 2. The van der Waals surface area contributed by atoms with Crippen LogP contribution in [0.15, 0.2) is 12.1 Å². The van der Waals surface area contributed by atoms with E-state index < -0.39 is 54.0 Å². The summed E-state index contributed by atoms with van der Waals surface area (Å²) in [4.78, 5) is 12.0. The molecule has 1 aromatic rings. The minimum atomic E-state index is -3.04. The fraction of sp³-hybridized carbons (Fsp3) is 0.562. The first-order chi connectivity index (χ1) is 10.8. The third-order valence-electron chi connectivity index (χ3n) is 4.95. The quantitative estimate of drug-likeness (QED) is 0.616. The molecule has 2 fully saturated rings. The Bertz CT molecular complexity index is 646. The number of esters is 1. The van der Waals surface area contributed by atoms with Crippen LogP contribution in [0, 0.1) is 30.4 Å². The predicted octanol–water partition coefficient (Wildman–Crippen LogP) is 3.20. The zero-order valence-electron chi connectivity index (χ0n) is 12.6. The number of halogens is 4. The first kappa shape index (κ1) is 16.2. The van der Waals surface area contributed by atoms with Crippen molar-refractivity contribution in [1.82, 2.24) is 0 Å². The second kappa shape index (κ2) is 5.47. The van der Waals surface area contributed by atoms with Crippen molar-refractivity contribution in [2.75, 3.05) is 13.7 Å². The van der Waals surface area contributed by atoms with Crippen LogP contribution < -0.4 is 0 Å². The molecule has 126 valence electrons. The van der Waals surface area contributed by atoms with Gasteiger partial charge < -0.3 is 9.47 Å². The molecule has 1 saturated carbocycles. The number of benzene rings is 1. The van der Waals surface area contributed by atoms with Gasteiger partial charge in [-0.2, -0.15) is 0 Å². The van der Waals surface area contributed by atoms with Gasteiger partial charge in [0.25, 0.3) is 5.92 Å². The number of rotatable bonds is 2. The summed E-state index contributed by atoms with van der Waals surface area (Å²) in [6, 6.07) is 2.27. The van der Waals surface area contributed by atoms with Crippen molar-refractivity contribution in [2.24, 2.45) is 11.8 Å². The first-order valence-electron chi connectivity index (χ1n) is 7.29. The van der Waals surface area contributed by atoms with Crippen LogP contribution in [0.4, 0.5) is 17.6 Å². The van der Waals surface area contributed by atoms with Gasteiger partial charge in [-0.25, -0.2) is 17.6 Å². The number of hydrogen-bond donors (Lipinski definition) is 0. The fourth-order valence-corrected chi connectivity index (χ4v) is 3.80. The molecule has 4 atom stereocenters. The highest BCUT2D eigenvalue weighted by Gasteiger charge is 2.62. The summed E-state index contributed by atoms with van der Waals surface area (Å²) in [7, 11) is 1.17. The molecule has 7 heteroatoms. The Labute approximate surface area is 130 Å². The van der Waals surface area contributed by atoms with Crippen LogP contribution in [-0.4, -0.2) is 31.7 Å². The smallest absolute Gasteiger partial charge is 0.309 e. The minimum Gasteiger partial charge on any atom is -0.469 e. The van der Waals surface area contributed by atoms with Crippen molar-refractivity contribution in [2.45, 2.75) is 31.3 Å². The molecule has 0 bridgehead atoms. The van der Waals surface area contributed by atoms with Crippen LogP contribution in [0.3, 0.4) is 0 Å². The van der Waals surface area contributed by atoms with Crippen LogP contribution in [0.1, 0.15) is 23.5 Å². The zero-order chi connectivity index (χ0) is 16.9. The van der Waals surface area contributed by atoms with E-state index in [0.717, 1.165) is 6.07 Å². The van der Waals surface area contributed by atoms with Crippen LogP contribution in [0.2, 0.25) is 0 Å². The van der Waals surface area contributed by atoms with Gasteiger partial charge in [-0.1, -0.05) is 6.07 Å². The van der Waals surface area contributed by atoms with Crippen molar-refractivity contribution in [3.63, 3.8) is 0 Å². The van der Waals surface area contributed by atoms with E-state index in [1.165, 1.54) is 20.1 Å². The zero-order valence-corrected chi connectivity index (χ0v) is 12.6. The fourth-order valence-electron chi connectivity index (χ4n) is 3.80. The van der Waals surface area contributed by atoms with Gasteiger partial charge in [-0.15, -0.1) is 0 Å². The summed E-state index contributed by atoms with van der Waals surface area (Å²) in [6.45, 7) is 0.637. The molecule has 1 aliphatic carbocycles. The lowest BCUT2D eigenvalue weighted by molar-refractivity contribution is -0.147. The maximum absolute atomic E-state index is 14.0. The van der Waals surface area contributed by atoms with E-state index in [4.69, 9.17) is 9.47 Å². The van der Waals surface area contributed by atoms with Crippen molar-refractivity contribution >= 4 is 5.97 Å². The van der Waals surface area contributed by atoms with Crippen molar-refractivity contribution in [1.29, 1.82) is 0 Å². The molecule has 23 heavy (non-hydrogen) atoms. The molecule has 0 spiro atoms. The standard InChI is InChI=1S/C16H16F4O3/c1-7-8(3-4-11(17)13(7)18)12-9(15(21)22-2)5-10-14(12)23-6-16(10,19)20/h3-4,9-10,12,14H,5-6H2,1-2H3. The molecule has 0 radical (unpaired) electrons. The van der Waals surface area contributed by atoms with Crippen LogP contribution in [0.25, 0.3) is 0 Å². The molecule has 1 aromatic carbocycles. The molecule has 1 heterocycles. The monoisotopic (exact) mass is 332 g/mol. The van der Waals surface area contributed by atoms with E-state index in [9.17, 15) is 22.4 Å². The Balaban J connectivity index is 2.07. The summed E-state index contributed by atoms with van der Waals surface area (Å²) in [5, 5.41) is 0.